The molecule has 0 radical (unpaired) electrons. The number of rotatable bonds is 9. The number of nitrogens with zero attached hydrogens (tertiary/aromatic N) is 4. The number of benzene rings is 1. The largest absolute Gasteiger partial charge is 0.497 e. The molecule has 0 bridgehead atoms. The van der Waals surface area contributed by atoms with Crippen molar-refractivity contribution >= 4 is 17.2 Å². The molecule has 1 aromatic carbocycles. The zero-order chi connectivity index (χ0) is 22.5. The van der Waals surface area contributed by atoms with Crippen molar-refractivity contribution in [1.82, 2.24) is 25.0 Å². The number of carbonyl (C=O) groups is 1. The second-order valence-electron chi connectivity index (χ2n) is 7.03. The molecule has 9 nitrogen and oxygen atoms in total. The van der Waals surface area contributed by atoms with Crippen LogP contribution in [-0.2, 0) is 18.3 Å². The number of aromatic nitrogens is 4. The SMILES string of the molecule is COc1cc(OC)cc([C@H](NC(=O)CCc2nc(-c3cccs3)no2)c2nccn2C)c1. The van der Waals surface area contributed by atoms with Crippen LogP contribution in [0.5, 0.6) is 11.5 Å². The molecule has 166 valence electrons. The number of ether oxygens (including phenoxy) is 2. The minimum absolute atomic E-state index is 0.171. The van der Waals surface area contributed by atoms with Crippen molar-refractivity contribution in [3.8, 4) is 22.2 Å². The molecular weight excluding hydrogens is 430 g/mol. The quantitative estimate of drug-likeness (QED) is 0.414. The van der Waals surface area contributed by atoms with Crippen LogP contribution in [0.2, 0.25) is 0 Å². The summed E-state index contributed by atoms with van der Waals surface area (Å²) >= 11 is 1.53. The first-order chi connectivity index (χ1) is 15.6. The summed E-state index contributed by atoms with van der Waals surface area (Å²) in [5.41, 5.74) is 0.793. The lowest BCUT2D eigenvalue weighted by molar-refractivity contribution is -0.121. The number of methoxy groups -OCH3 is 2. The maximum Gasteiger partial charge on any atom is 0.227 e. The fourth-order valence-corrected chi connectivity index (χ4v) is 3.91. The lowest BCUT2D eigenvalue weighted by Crippen LogP contribution is -2.31. The molecule has 1 N–H and O–H groups in total. The standard InChI is InChI=1S/C22H23N5O4S/c1-27-9-8-23-22(27)20(14-11-15(29-2)13-16(12-14)30-3)24-18(28)6-7-19-25-21(26-31-19)17-5-4-10-32-17/h4-5,8-13,20H,6-7H2,1-3H3,(H,24,28)/t20-/m0/s1. The van der Waals surface area contributed by atoms with Crippen LogP contribution in [0.15, 0.2) is 52.6 Å². The number of amides is 1. The highest BCUT2D eigenvalue weighted by molar-refractivity contribution is 7.13. The Morgan fingerprint density at radius 2 is 2.03 bits per heavy atom. The Kier molecular flexibility index (Phi) is 6.50. The van der Waals surface area contributed by atoms with Crippen LogP contribution in [-0.4, -0.2) is 39.8 Å². The predicted molar refractivity (Wildman–Crippen MR) is 119 cm³/mol. The summed E-state index contributed by atoms with van der Waals surface area (Å²) in [6.07, 6.45) is 4.04. The van der Waals surface area contributed by atoms with Gasteiger partial charge in [-0.05, 0) is 29.1 Å². The monoisotopic (exact) mass is 453 g/mol. The normalized spacial score (nSPS) is 11.8. The molecule has 32 heavy (non-hydrogen) atoms. The molecule has 10 heteroatoms. The van der Waals surface area contributed by atoms with Crippen LogP contribution in [0.1, 0.15) is 29.7 Å². The third-order valence-corrected chi connectivity index (χ3v) is 5.77. The van der Waals surface area contributed by atoms with E-state index in [1.807, 2.05) is 47.5 Å². The minimum atomic E-state index is -0.490. The molecule has 0 aliphatic rings. The Morgan fingerprint density at radius 3 is 2.66 bits per heavy atom. The molecule has 0 unspecified atom stereocenters. The van der Waals surface area contributed by atoms with Gasteiger partial charge in [0.15, 0.2) is 0 Å². The molecule has 3 heterocycles. The smallest absolute Gasteiger partial charge is 0.227 e. The van der Waals surface area contributed by atoms with Crippen molar-refractivity contribution in [2.24, 2.45) is 7.05 Å². The van der Waals surface area contributed by atoms with E-state index >= 15 is 0 Å². The number of thiophene rings is 1. The molecule has 0 aliphatic carbocycles. The Hall–Kier alpha value is -3.66. The Bertz CT molecular complexity index is 1160. The number of imidazole rings is 1. The molecule has 4 aromatic rings. The zero-order valence-corrected chi connectivity index (χ0v) is 18.8. The van der Waals surface area contributed by atoms with Crippen LogP contribution >= 0.6 is 11.3 Å². The highest BCUT2D eigenvalue weighted by atomic mass is 32.1. The molecular formula is C22H23N5O4S. The summed E-state index contributed by atoms with van der Waals surface area (Å²) in [6, 6.07) is 8.85. The van der Waals surface area contributed by atoms with Crippen molar-refractivity contribution in [3.63, 3.8) is 0 Å². The molecule has 1 atom stereocenters. The summed E-state index contributed by atoms with van der Waals surface area (Å²) < 4.78 is 17.9. The Morgan fingerprint density at radius 1 is 1.25 bits per heavy atom. The van der Waals surface area contributed by atoms with E-state index in [1.54, 1.807) is 26.5 Å². The van der Waals surface area contributed by atoms with Gasteiger partial charge in [0.2, 0.25) is 17.6 Å². The van der Waals surface area contributed by atoms with Gasteiger partial charge in [0.05, 0.1) is 19.1 Å². The molecule has 0 saturated carbocycles. The second kappa shape index (κ2) is 9.65. The van der Waals surface area contributed by atoms with Crippen LogP contribution in [0.25, 0.3) is 10.7 Å². The van der Waals surface area contributed by atoms with E-state index in [2.05, 4.69) is 20.4 Å². The summed E-state index contributed by atoms with van der Waals surface area (Å²) in [5.74, 6) is 2.71. The van der Waals surface area contributed by atoms with Crippen molar-refractivity contribution in [2.45, 2.75) is 18.9 Å². The van der Waals surface area contributed by atoms with Gasteiger partial charge in [0.1, 0.15) is 23.4 Å². The van der Waals surface area contributed by atoms with E-state index in [9.17, 15) is 4.79 Å². The number of carbonyl (C=O) groups excluding carboxylic acids is 1. The lowest BCUT2D eigenvalue weighted by Gasteiger charge is -2.20. The average molecular weight is 454 g/mol. The van der Waals surface area contributed by atoms with Gasteiger partial charge in [-0.25, -0.2) is 4.98 Å². The number of aryl methyl sites for hydroxylation is 2. The number of hydrogen-bond acceptors (Lipinski definition) is 8. The molecule has 4 rings (SSSR count). The van der Waals surface area contributed by atoms with Crippen molar-refractivity contribution in [2.75, 3.05) is 14.2 Å². The van der Waals surface area contributed by atoms with Crippen LogP contribution < -0.4 is 14.8 Å². The van der Waals surface area contributed by atoms with Gasteiger partial charge in [0.25, 0.3) is 0 Å². The van der Waals surface area contributed by atoms with Gasteiger partial charge in [-0.2, -0.15) is 4.98 Å². The first-order valence-corrected chi connectivity index (χ1v) is 10.8. The second-order valence-corrected chi connectivity index (χ2v) is 7.98. The third kappa shape index (κ3) is 4.80. The van der Waals surface area contributed by atoms with E-state index < -0.39 is 6.04 Å². The highest BCUT2D eigenvalue weighted by Crippen LogP contribution is 2.29. The molecule has 1 amide bonds. The van der Waals surface area contributed by atoms with E-state index in [-0.39, 0.29) is 12.3 Å². The fraction of sp³-hybridized carbons (Fsp3) is 0.273. The van der Waals surface area contributed by atoms with Crippen molar-refractivity contribution in [1.29, 1.82) is 0 Å². The zero-order valence-electron chi connectivity index (χ0n) is 17.9. The van der Waals surface area contributed by atoms with Crippen LogP contribution in [0.3, 0.4) is 0 Å². The van der Waals surface area contributed by atoms with Crippen molar-refractivity contribution in [3.05, 3.63) is 65.4 Å². The van der Waals surface area contributed by atoms with Crippen LogP contribution in [0.4, 0.5) is 0 Å². The molecule has 0 spiro atoms. The van der Waals surface area contributed by atoms with E-state index in [1.165, 1.54) is 11.3 Å². The molecule has 0 aliphatic heterocycles. The maximum atomic E-state index is 12.9. The Labute approximate surface area is 189 Å². The van der Waals surface area contributed by atoms with Crippen LogP contribution in [0, 0.1) is 0 Å². The Balaban J connectivity index is 1.50. The summed E-state index contributed by atoms with van der Waals surface area (Å²) in [7, 11) is 5.05. The first kappa shape index (κ1) is 21.6. The van der Waals surface area contributed by atoms with Crippen molar-refractivity contribution < 1.29 is 18.8 Å². The van der Waals surface area contributed by atoms with Gasteiger partial charge in [-0.3, -0.25) is 4.79 Å². The molecule has 0 saturated heterocycles. The fourth-order valence-electron chi connectivity index (χ4n) is 3.26. The third-order valence-electron chi connectivity index (χ3n) is 4.90. The van der Waals surface area contributed by atoms with Gasteiger partial charge >= 0.3 is 0 Å². The lowest BCUT2D eigenvalue weighted by atomic mass is 10.0. The van der Waals surface area contributed by atoms with Gasteiger partial charge in [0, 0.05) is 38.3 Å². The van der Waals surface area contributed by atoms with E-state index in [0.717, 1.165) is 10.4 Å². The minimum Gasteiger partial charge on any atom is -0.497 e. The maximum absolute atomic E-state index is 12.9. The number of hydrogen-bond donors (Lipinski definition) is 1. The van der Waals surface area contributed by atoms with Gasteiger partial charge < -0.3 is 23.9 Å². The van der Waals surface area contributed by atoms with E-state index in [0.29, 0.717) is 35.5 Å². The summed E-state index contributed by atoms with van der Waals surface area (Å²) in [4.78, 5) is 22.6. The topological polar surface area (TPSA) is 104 Å². The molecule has 0 fully saturated rings. The summed E-state index contributed by atoms with van der Waals surface area (Å²) in [5, 5.41) is 9.00. The summed E-state index contributed by atoms with van der Waals surface area (Å²) in [6.45, 7) is 0. The average Bonchev–Trinajstić information content (AvgIpc) is 3.57. The van der Waals surface area contributed by atoms with Gasteiger partial charge in [-0.15, -0.1) is 11.3 Å². The van der Waals surface area contributed by atoms with Gasteiger partial charge in [-0.1, -0.05) is 11.2 Å². The predicted octanol–water partition coefficient (Wildman–Crippen LogP) is 3.39. The van der Waals surface area contributed by atoms with E-state index in [4.69, 9.17) is 14.0 Å². The number of nitrogens with one attached hydrogen (secondary N) is 1. The highest BCUT2D eigenvalue weighted by Gasteiger charge is 2.23. The first-order valence-electron chi connectivity index (χ1n) is 9.93. The molecule has 3 aromatic heterocycles.